The molecule has 0 bridgehead atoms. The van der Waals surface area contributed by atoms with Gasteiger partial charge in [0.05, 0.1) is 0 Å². The number of nitrogens with zero attached hydrogens (tertiary/aromatic N) is 1. The van der Waals surface area contributed by atoms with Gasteiger partial charge >= 0.3 is 0 Å². The molecule has 3 unspecified atom stereocenters. The van der Waals surface area contributed by atoms with Crippen LogP contribution in [0.1, 0.15) is 53.9 Å². The molecule has 0 aromatic heterocycles. The third kappa shape index (κ3) is 4.45. The molecule has 1 saturated heterocycles. The van der Waals surface area contributed by atoms with Crippen molar-refractivity contribution in [2.24, 2.45) is 23.7 Å². The summed E-state index contributed by atoms with van der Waals surface area (Å²) in [4.78, 5) is 2.65. The van der Waals surface area contributed by atoms with E-state index in [1.807, 2.05) is 0 Å². The molecule has 1 heterocycles. The van der Waals surface area contributed by atoms with E-state index in [0.29, 0.717) is 0 Å². The van der Waals surface area contributed by atoms with E-state index in [9.17, 15) is 0 Å². The molecule has 1 heteroatoms. The van der Waals surface area contributed by atoms with E-state index >= 15 is 0 Å². The molecule has 16 heavy (non-hydrogen) atoms. The summed E-state index contributed by atoms with van der Waals surface area (Å²) in [6.45, 7) is 16.0. The summed E-state index contributed by atoms with van der Waals surface area (Å²) in [5.41, 5.74) is 0. The minimum absolute atomic E-state index is 0.835. The van der Waals surface area contributed by atoms with Crippen molar-refractivity contribution in [3.63, 3.8) is 0 Å². The molecule has 0 spiro atoms. The van der Waals surface area contributed by atoms with Gasteiger partial charge in [-0.2, -0.15) is 0 Å². The molecule has 1 fully saturated rings. The van der Waals surface area contributed by atoms with Gasteiger partial charge < -0.3 is 4.90 Å². The van der Waals surface area contributed by atoms with Gasteiger partial charge in [0.15, 0.2) is 0 Å². The highest BCUT2D eigenvalue weighted by Gasteiger charge is 2.21. The van der Waals surface area contributed by atoms with E-state index in [4.69, 9.17) is 0 Å². The smallest absolute Gasteiger partial charge is 0.000956 e. The first-order chi connectivity index (χ1) is 7.50. The second kappa shape index (κ2) is 6.64. The third-order valence-corrected chi connectivity index (χ3v) is 4.60. The fourth-order valence-electron chi connectivity index (χ4n) is 2.64. The molecule has 0 radical (unpaired) electrons. The van der Waals surface area contributed by atoms with Crippen molar-refractivity contribution in [3.8, 4) is 0 Å². The Bertz CT molecular complexity index is 174. The molecule has 0 amide bonds. The number of hydrogen-bond acceptors (Lipinski definition) is 1. The average Bonchev–Trinajstić information content (AvgIpc) is 2.69. The monoisotopic (exact) mass is 225 g/mol. The van der Waals surface area contributed by atoms with Crippen molar-refractivity contribution < 1.29 is 0 Å². The highest BCUT2D eigenvalue weighted by atomic mass is 15.1. The van der Waals surface area contributed by atoms with Crippen molar-refractivity contribution in [1.29, 1.82) is 0 Å². The van der Waals surface area contributed by atoms with Crippen LogP contribution >= 0.6 is 0 Å². The molecule has 0 aromatic rings. The summed E-state index contributed by atoms with van der Waals surface area (Å²) < 4.78 is 0. The molecule has 1 rings (SSSR count). The zero-order valence-corrected chi connectivity index (χ0v) is 12.0. The van der Waals surface area contributed by atoms with E-state index < -0.39 is 0 Å². The summed E-state index contributed by atoms with van der Waals surface area (Å²) in [5.74, 6) is 3.44. The largest absolute Gasteiger partial charge is 0.303 e. The molecule has 0 aromatic carbocycles. The van der Waals surface area contributed by atoms with Crippen LogP contribution in [0.15, 0.2) is 0 Å². The lowest BCUT2D eigenvalue weighted by Gasteiger charge is -2.28. The van der Waals surface area contributed by atoms with Crippen molar-refractivity contribution in [2.75, 3.05) is 19.6 Å². The van der Waals surface area contributed by atoms with Gasteiger partial charge in [0.25, 0.3) is 0 Å². The lowest BCUT2D eigenvalue weighted by Crippen LogP contribution is -2.29. The van der Waals surface area contributed by atoms with Gasteiger partial charge in [-0.05, 0) is 56.0 Å². The summed E-state index contributed by atoms with van der Waals surface area (Å²) in [7, 11) is 0. The van der Waals surface area contributed by atoms with Gasteiger partial charge in [0.1, 0.15) is 0 Å². The molecule has 1 aliphatic heterocycles. The van der Waals surface area contributed by atoms with Crippen LogP contribution in [-0.4, -0.2) is 24.5 Å². The third-order valence-electron chi connectivity index (χ3n) is 4.60. The van der Waals surface area contributed by atoms with Gasteiger partial charge in [0, 0.05) is 6.54 Å². The molecule has 96 valence electrons. The van der Waals surface area contributed by atoms with Gasteiger partial charge in [-0.3, -0.25) is 0 Å². The lowest BCUT2D eigenvalue weighted by molar-refractivity contribution is 0.208. The second-order valence-electron chi connectivity index (χ2n) is 6.42. The minimum Gasteiger partial charge on any atom is -0.303 e. The normalized spacial score (nSPS) is 23.6. The molecular weight excluding hydrogens is 194 g/mol. The van der Waals surface area contributed by atoms with Crippen molar-refractivity contribution in [2.45, 2.75) is 53.9 Å². The van der Waals surface area contributed by atoms with E-state index in [1.54, 1.807) is 0 Å². The van der Waals surface area contributed by atoms with Gasteiger partial charge in [-0.25, -0.2) is 0 Å². The van der Waals surface area contributed by atoms with E-state index in [-0.39, 0.29) is 0 Å². The zero-order chi connectivity index (χ0) is 12.1. The first-order valence-corrected chi connectivity index (χ1v) is 7.23. The van der Waals surface area contributed by atoms with Crippen LogP contribution < -0.4 is 0 Å². The highest BCUT2D eigenvalue weighted by Crippen LogP contribution is 2.25. The molecule has 0 N–H and O–H groups in total. The Morgan fingerprint density at radius 2 is 1.38 bits per heavy atom. The van der Waals surface area contributed by atoms with Crippen LogP contribution in [0.2, 0.25) is 0 Å². The quantitative estimate of drug-likeness (QED) is 0.659. The number of likely N-dealkylation sites (tertiary alicyclic amines) is 1. The lowest BCUT2D eigenvalue weighted by atomic mass is 9.83. The van der Waals surface area contributed by atoms with Crippen LogP contribution in [0, 0.1) is 23.7 Å². The maximum absolute atomic E-state index is 2.65. The molecule has 1 aliphatic rings. The van der Waals surface area contributed by atoms with Crippen LogP contribution in [0.3, 0.4) is 0 Å². The highest BCUT2D eigenvalue weighted by molar-refractivity contribution is 4.73. The van der Waals surface area contributed by atoms with Gasteiger partial charge in [-0.15, -0.1) is 0 Å². The predicted molar refractivity (Wildman–Crippen MR) is 72.6 cm³/mol. The zero-order valence-electron chi connectivity index (χ0n) is 12.0. The van der Waals surface area contributed by atoms with Gasteiger partial charge in [-0.1, -0.05) is 34.6 Å². The predicted octanol–water partition coefficient (Wildman–Crippen LogP) is 4.04. The van der Waals surface area contributed by atoms with Crippen molar-refractivity contribution in [1.82, 2.24) is 4.90 Å². The fourth-order valence-corrected chi connectivity index (χ4v) is 2.64. The van der Waals surface area contributed by atoms with Crippen LogP contribution in [-0.2, 0) is 0 Å². The first kappa shape index (κ1) is 14.0. The second-order valence-corrected chi connectivity index (χ2v) is 6.42. The Hall–Kier alpha value is -0.0400. The average molecular weight is 225 g/mol. The molecule has 0 aliphatic carbocycles. The summed E-state index contributed by atoms with van der Waals surface area (Å²) in [6.07, 6.45) is 4.24. The summed E-state index contributed by atoms with van der Waals surface area (Å²) in [6, 6.07) is 0. The minimum atomic E-state index is 0.835. The Kier molecular flexibility index (Phi) is 5.82. The molecule has 0 saturated carbocycles. The van der Waals surface area contributed by atoms with Crippen LogP contribution in [0.5, 0.6) is 0 Å². The fraction of sp³-hybridized carbons (Fsp3) is 1.00. The first-order valence-electron chi connectivity index (χ1n) is 7.23. The van der Waals surface area contributed by atoms with Gasteiger partial charge in [0.2, 0.25) is 0 Å². The SMILES string of the molecule is CC(C)C(C)CC(C)C(C)CN1CCCC1. The standard InChI is InChI=1S/C15H31N/c1-12(2)13(3)10-14(4)15(5)11-16-8-6-7-9-16/h12-15H,6-11H2,1-5H3. The molecular formula is C15H31N. The van der Waals surface area contributed by atoms with Crippen molar-refractivity contribution >= 4 is 0 Å². The van der Waals surface area contributed by atoms with Crippen LogP contribution in [0.4, 0.5) is 0 Å². The Balaban J connectivity index is 2.26. The van der Waals surface area contributed by atoms with E-state index in [2.05, 4.69) is 39.5 Å². The topological polar surface area (TPSA) is 3.24 Å². The van der Waals surface area contributed by atoms with Crippen LogP contribution in [0.25, 0.3) is 0 Å². The molecule has 3 atom stereocenters. The summed E-state index contributed by atoms with van der Waals surface area (Å²) >= 11 is 0. The molecule has 1 nitrogen and oxygen atoms in total. The van der Waals surface area contributed by atoms with E-state index in [0.717, 1.165) is 23.7 Å². The Labute approximate surface area is 103 Å². The summed E-state index contributed by atoms with van der Waals surface area (Å²) in [5, 5.41) is 0. The number of hydrogen-bond donors (Lipinski definition) is 0. The number of rotatable bonds is 6. The van der Waals surface area contributed by atoms with E-state index in [1.165, 1.54) is 38.9 Å². The Morgan fingerprint density at radius 3 is 1.88 bits per heavy atom. The maximum atomic E-state index is 2.65. The van der Waals surface area contributed by atoms with Crippen molar-refractivity contribution in [3.05, 3.63) is 0 Å². The Morgan fingerprint density at radius 1 is 0.812 bits per heavy atom. The maximum Gasteiger partial charge on any atom is 0.000956 e.